The average Bonchev–Trinajstić information content (AvgIpc) is 1.69. The molecule has 0 saturated heterocycles. The van der Waals surface area contributed by atoms with Crippen molar-refractivity contribution < 1.29 is 9.53 Å². The Morgan fingerprint density at radius 2 is 2.43 bits per heavy atom. The molecule has 0 atom stereocenters. The van der Waals surface area contributed by atoms with Crippen molar-refractivity contribution in [2.45, 2.75) is 0 Å². The van der Waals surface area contributed by atoms with Crippen LogP contribution in [0.5, 0.6) is 0 Å². The molecule has 0 heterocycles. The Kier molecular flexibility index (Phi) is 4.21. The maximum atomic E-state index is 9.25. The normalized spacial score (nSPS) is 8.57. The molecule has 0 spiro atoms. The number of allylic oxidation sites excluding steroid dienone is 2. The van der Waals surface area contributed by atoms with E-state index in [1.165, 1.54) is 24.9 Å². The van der Waals surface area contributed by atoms with Gasteiger partial charge in [0, 0.05) is 0 Å². The maximum Gasteiger partial charge on any atom is 0.422 e. The Morgan fingerprint density at radius 1 is 1.71 bits per heavy atom. The second-order valence-electron chi connectivity index (χ2n) is 0.765. The van der Waals surface area contributed by atoms with E-state index >= 15 is 0 Å². The van der Waals surface area contributed by atoms with E-state index in [1.54, 1.807) is 0 Å². The maximum absolute atomic E-state index is 9.25. The van der Waals surface area contributed by atoms with E-state index in [1.807, 2.05) is 0 Å². The van der Waals surface area contributed by atoms with Gasteiger partial charge in [-0.15, -0.1) is 0 Å². The number of hydrogen-bond donors (Lipinski definition) is 0. The van der Waals surface area contributed by atoms with Gasteiger partial charge in [-0.05, 0) is 6.08 Å². The Labute approximate surface area is 42.1 Å². The fraction of sp³-hybridized carbons (Fsp3) is 0. The summed E-state index contributed by atoms with van der Waals surface area (Å²) >= 11 is 0. The number of rotatable bonds is 3. The molecule has 0 rings (SSSR count). The van der Waals surface area contributed by atoms with Crippen LogP contribution in [0.2, 0.25) is 0 Å². The summed E-state index contributed by atoms with van der Waals surface area (Å²) in [6.07, 6.45) is 4.18. The lowest BCUT2D eigenvalue weighted by atomic mass is 10.6. The van der Waals surface area contributed by atoms with Gasteiger partial charge in [0.15, 0.2) is 0 Å². The molecular weight excluding hydrogens is 92.1 g/mol. The van der Waals surface area contributed by atoms with Crippen LogP contribution in [0.15, 0.2) is 25.0 Å². The van der Waals surface area contributed by atoms with Gasteiger partial charge in [0.1, 0.15) is 0 Å². The van der Waals surface area contributed by atoms with Gasteiger partial charge in [0.05, 0.1) is 6.26 Å². The molecule has 37 valence electrons. The highest BCUT2D eigenvalue weighted by molar-refractivity contribution is 5.39. The predicted octanol–water partition coefficient (Wildman–Crippen LogP) is 0.770. The molecule has 0 saturated carbocycles. The predicted molar refractivity (Wildman–Crippen MR) is 26.1 cm³/mol. The Bertz CT molecular complexity index is 84.1. The first-order chi connectivity index (χ1) is 3.41. The van der Waals surface area contributed by atoms with Gasteiger partial charge in [-0.25, -0.2) is 4.79 Å². The van der Waals surface area contributed by atoms with E-state index in [-0.39, 0.29) is 0 Å². The largest absolute Gasteiger partial charge is 0.426 e. The summed E-state index contributed by atoms with van der Waals surface area (Å²) in [5.74, 6) is 0. The van der Waals surface area contributed by atoms with Crippen LogP contribution in [-0.2, 0) is 9.53 Å². The van der Waals surface area contributed by atoms with Crippen molar-refractivity contribution in [1.82, 2.24) is 0 Å². The summed E-state index contributed by atoms with van der Waals surface area (Å²) in [6, 6.07) is 0. The van der Waals surface area contributed by atoms with Gasteiger partial charge in [-0.2, -0.15) is 0 Å². The van der Waals surface area contributed by atoms with Crippen LogP contribution in [0.3, 0.4) is 0 Å². The zero-order valence-corrected chi connectivity index (χ0v) is 3.76. The third kappa shape index (κ3) is 4.95. The number of hydrogen-bond acceptors (Lipinski definition) is 2. The van der Waals surface area contributed by atoms with Crippen molar-refractivity contribution in [2.75, 3.05) is 0 Å². The summed E-state index contributed by atoms with van der Waals surface area (Å²) < 4.78 is 4.02. The minimum atomic E-state index is 1.19. The Hall–Kier alpha value is -1.05. The van der Waals surface area contributed by atoms with E-state index in [0.29, 0.717) is 0 Å². The fourth-order valence-electron chi connectivity index (χ4n) is 0.123. The van der Waals surface area contributed by atoms with E-state index in [2.05, 4.69) is 11.3 Å². The standard InChI is InChI=1S/C5H5O2/c1-2-3-4-7-5-6/h2-4H,1H2. The van der Waals surface area contributed by atoms with Crippen LogP contribution in [-0.4, -0.2) is 6.47 Å². The van der Waals surface area contributed by atoms with Crippen LogP contribution < -0.4 is 0 Å². The number of ether oxygens (including phenoxy) is 1. The average molecular weight is 97.1 g/mol. The molecule has 0 aliphatic heterocycles. The topological polar surface area (TPSA) is 26.3 Å². The summed E-state index contributed by atoms with van der Waals surface area (Å²) in [4.78, 5) is 9.25. The molecule has 0 bridgehead atoms. The van der Waals surface area contributed by atoms with Gasteiger partial charge in [-0.1, -0.05) is 12.7 Å². The van der Waals surface area contributed by atoms with Crippen molar-refractivity contribution in [2.24, 2.45) is 0 Å². The second kappa shape index (κ2) is 4.95. The van der Waals surface area contributed by atoms with Crippen molar-refractivity contribution in [3.8, 4) is 0 Å². The molecule has 1 radical (unpaired) electrons. The summed E-state index contributed by atoms with van der Waals surface area (Å²) in [7, 11) is 0. The van der Waals surface area contributed by atoms with Crippen molar-refractivity contribution in [3.05, 3.63) is 25.0 Å². The monoisotopic (exact) mass is 97.0 g/mol. The molecule has 2 nitrogen and oxygen atoms in total. The molecule has 0 fully saturated rings. The van der Waals surface area contributed by atoms with Crippen LogP contribution >= 0.6 is 0 Å². The summed E-state index contributed by atoms with van der Waals surface area (Å²) in [5.41, 5.74) is 0. The van der Waals surface area contributed by atoms with Crippen molar-refractivity contribution in [3.63, 3.8) is 0 Å². The SMILES string of the molecule is C=CC=CO[C]=O. The lowest BCUT2D eigenvalue weighted by Crippen LogP contribution is -1.69. The summed E-state index contributed by atoms with van der Waals surface area (Å²) in [5, 5.41) is 0. The first-order valence-electron chi connectivity index (χ1n) is 1.72. The lowest BCUT2D eigenvalue weighted by molar-refractivity contribution is 0.398. The molecule has 0 amide bonds. The van der Waals surface area contributed by atoms with Gasteiger partial charge in [0.25, 0.3) is 0 Å². The molecule has 0 aliphatic carbocycles. The quantitative estimate of drug-likeness (QED) is 0.384. The molecular formula is C5H5O2. The van der Waals surface area contributed by atoms with Gasteiger partial charge in [-0.3, -0.25) is 0 Å². The van der Waals surface area contributed by atoms with Crippen molar-refractivity contribution >= 4 is 6.47 Å². The third-order valence-corrected chi connectivity index (χ3v) is 0.331. The minimum absolute atomic E-state index is 1.19. The highest BCUT2D eigenvalue weighted by Gasteiger charge is 1.63. The third-order valence-electron chi connectivity index (χ3n) is 0.331. The van der Waals surface area contributed by atoms with E-state index in [0.717, 1.165) is 0 Å². The first-order valence-corrected chi connectivity index (χ1v) is 1.72. The zero-order chi connectivity index (χ0) is 5.54. The van der Waals surface area contributed by atoms with Gasteiger partial charge < -0.3 is 4.74 Å². The molecule has 2 heteroatoms. The minimum Gasteiger partial charge on any atom is -0.426 e. The molecule has 0 aliphatic rings. The van der Waals surface area contributed by atoms with Gasteiger partial charge in [0.2, 0.25) is 0 Å². The van der Waals surface area contributed by atoms with Crippen LogP contribution in [0.25, 0.3) is 0 Å². The molecule has 7 heavy (non-hydrogen) atoms. The van der Waals surface area contributed by atoms with E-state index in [9.17, 15) is 4.79 Å². The Balaban J connectivity index is 3.08. The molecule has 0 unspecified atom stereocenters. The second-order valence-corrected chi connectivity index (χ2v) is 0.765. The van der Waals surface area contributed by atoms with E-state index < -0.39 is 0 Å². The van der Waals surface area contributed by atoms with E-state index in [4.69, 9.17) is 0 Å². The molecule has 0 aromatic carbocycles. The van der Waals surface area contributed by atoms with Gasteiger partial charge >= 0.3 is 6.47 Å². The Morgan fingerprint density at radius 3 is 2.86 bits per heavy atom. The highest BCUT2D eigenvalue weighted by atomic mass is 16.5. The summed E-state index contributed by atoms with van der Waals surface area (Å²) in [6.45, 7) is 4.55. The molecule has 0 aromatic heterocycles. The lowest BCUT2D eigenvalue weighted by Gasteiger charge is -1.73. The molecule has 0 aromatic rings. The van der Waals surface area contributed by atoms with Crippen LogP contribution in [0, 0.1) is 0 Å². The zero-order valence-electron chi connectivity index (χ0n) is 3.76. The van der Waals surface area contributed by atoms with Crippen LogP contribution in [0.1, 0.15) is 0 Å². The fourth-order valence-corrected chi connectivity index (χ4v) is 0.123. The smallest absolute Gasteiger partial charge is 0.422 e. The highest BCUT2D eigenvalue weighted by Crippen LogP contribution is 1.70. The van der Waals surface area contributed by atoms with Crippen LogP contribution in [0.4, 0.5) is 0 Å². The molecule has 0 N–H and O–H groups in total. The number of carbonyl (C=O) groups excluding carboxylic acids is 1. The first kappa shape index (κ1) is 5.95. The van der Waals surface area contributed by atoms with Crippen molar-refractivity contribution in [1.29, 1.82) is 0 Å².